The highest BCUT2D eigenvalue weighted by Gasteiger charge is 2.33. The zero-order valence-electron chi connectivity index (χ0n) is 10.4. The molecule has 3 nitrogen and oxygen atoms in total. The van der Waals surface area contributed by atoms with Crippen LogP contribution in [0.4, 0.5) is 0 Å². The van der Waals surface area contributed by atoms with Crippen molar-refractivity contribution in [2.24, 2.45) is 5.92 Å². The van der Waals surface area contributed by atoms with Gasteiger partial charge in [0.25, 0.3) is 0 Å². The maximum absolute atomic E-state index is 11.2. The van der Waals surface area contributed by atoms with Crippen LogP contribution in [0.15, 0.2) is 42.5 Å². The van der Waals surface area contributed by atoms with E-state index in [4.69, 9.17) is 0 Å². The number of fused-ring (bicyclic) bond motifs is 1. The van der Waals surface area contributed by atoms with E-state index in [2.05, 4.69) is 35.6 Å². The fourth-order valence-electron chi connectivity index (χ4n) is 2.73. The molecule has 0 bridgehead atoms. The number of benzene rings is 2. The highest BCUT2D eigenvalue weighted by atomic mass is 35.5. The molecule has 2 unspecified atom stereocenters. The summed E-state index contributed by atoms with van der Waals surface area (Å²) in [5.41, 5.74) is 1.12. The van der Waals surface area contributed by atoms with Crippen LogP contribution >= 0.6 is 12.4 Å². The Morgan fingerprint density at radius 1 is 1.11 bits per heavy atom. The molecular formula is C15H16ClNO2. The highest BCUT2D eigenvalue weighted by molar-refractivity contribution is 5.85. The highest BCUT2D eigenvalue weighted by Crippen LogP contribution is 2.30. The lowest BCUT2D eigenvalue weighted by Gasteiger charge is -2.15. The molecule has 0 saturated carbocycles. The molecule has 3 rings (SSSR count). The van der Waals surface area contributed by atoms with E-state index in [0.717, 1.165) is 12.1 Å². The Hall–Kier alpha value is -1.58. The van der Waals surface area contributed by atoms with Gasteiger partial charge >= 0.3 is 5.97 Å². The van der Waals surface area contributed by atoms with Crippen molar-refractivity contribution in [1.82, 2.24) is 5.32 Å². The molecule has 1 aliphatic heterocycles. The molecule has 0 radical (unpaired) electrons. The zero-order chi connectivity index (χ0) is 12.5. The van der Waals surface area contributed by atoms with Gasteiger partial charge in [0.2, 0.25) is 0 Å². The van der Waals surface area contributed by atoms with E-state index in [1.54, 1.807) is 0 Å². The van der Waals surface area contributed by atoms with Gasteiger partial charge in [-0.25, -0.2) is 0 Å². The summed E-state index contributed by atoms with van der Waals surface area (Å²) in [6.07, 6.45) is 0. The Kier molecular flexibility index (Phi) is 4.08. The van der Waals surface area contributed by atoms with Crippen molar-refractivity contribution in [3.05, 3.63) is 48.0 Å². The van der Waals surface area contributed by atoms with Crippen LogP contribution in [0.1, 0.15) is 11.5 Å². The number of hydrogen-bond donors (Lipinski definition) is 2. The van der Waals surface area contributed by atoms with E-state index >= 15 is 0 Å². The van der Waals surface area contributed by atoms with Crippen molar-refractivity contribution in [3.8, 4) is 0 Å². The van der Waals surface area contributed by atoms with E-state index in [1.807, 2.05) is 12.1 Å². The fraction of sp³-hybridized carbons (Fsp3) is 0.267. The molecule has 2 atom stereocenters. The summed E-state index contributed by atoms with van der Waals surface area (Å²) >= 11 is 0. The molecule has 2 aromatic carbocycles. The van der Waals surface area contributed by atoms with Crippen molar-refractivity contribution in [3.63, 3.8) is 0 Å². The van der Waals surface area contributed by atoms with Gasteiger partial charge in [0.1, 0.15) is 0 Å². The predicted molar refractivity (Wildman–Crippen MR) is 77.9 cm³/mol. The minimum Gasteiger partial charge on any atom is -0.481 e. The molecule has 1 fully saturated rings. The van der Waals surface area contributed by atoms with Gasteiger partial charge in [-0.15, -0.1) is 12.4 Å². The first-order chi connectivity index (χ1) is 8.75. The summed E-state index contributed by atoms with van der Waals surface area (Å²) < 4.78 is 0. The first-order valence-electron chi connectivity index (χ1n) is 6.18. The number of rotatable bonds is 2. The van der Waals surface area contributed by atoms with Gasteiger partial charge in [-0.2, -0.15) is 0 Å². The molecule has 2 N–H and O–H groups in total. The number of carbonyl (C=O) groups is 1. The summed E-state index contributed by atoms with van der Waals surface area (Å²) in [5.74, 6) is -0.948. The van der Waals surface area contributed by atoms with Gasteiger partial charge in [-0.05, 0) is 16.3 Å². The van der Waals surface area contributed by atoms with Gasteiger partial charge in [0, 0.05) is 19.0 Å². The molecule has 0 amide bonds. The van der Waals surface area contributed by atoms with Crippen LogP contribution in [0.25, 0.3) is 10.8 Å². The van der Waals surface area contributed by atoms with Crippen molar-refractivity contribution in [1.29, 1.82) is 0 Å². The minimum absolute atomic E-state index is 0. The molecule has 1 aliphatic rings. The second-order valence-electron chi connectivity index (χ2n) is 4.82. The van der Waals surface area contributed by atoms with Gasteiger partial charge in [-0.1, -0.05) is 42.5 Å². The summed E-state index contributed by atoms with van der Waals surface area (Å²) in [5, 5.41) is 14.8. The fourth-order valence-corrected chi connectivity index (χ4v) is 2.73. The monoisotopic (exact) mass is 277 g/mol. The van der Waals surface area contributed by atoms with Crippen LogP contribution < -0.4 is 5.32 Å². The number of hydrogen-bond acceptors (Lipinski definition) is 2. The van der Waals surface area contributed by atoms with Crippen molar-refractivity contribution in [2.45, 2.75) is 5.92 Å². The van der Waals surface area contributed by atoms with Gasteiger partial charge < -0.3 is 10.4 Å². The van der Waals surface area contributed by atoms with Gasteiger partial charge in [-0.3, -0.25) is 4.79 Å². The second kappa shape index (κ2) is 5.59. The van der Waals surface area contributed by atoms with Crippen molar-refractivity contribution >= 4 is 29.1 Å². The molecule has 0 spiro atoms. The largest absolute Gasteiger partial charge is 0.481 e. The first kappa shape index (κ1) is 13.8. The first-order valence-corrected chi connectivity index (χ1v) is 6.18. The Balaban J connectivity index is 0.00000133. The smallest absolute Gasteiger partial charge is 0.308 e. The maximum Gasteiger partial charge on any atom is 0.308 e. The van der Waals surface area contributed by atoms with Gasteiger partial charge in [0.15, 0.2) is 0 Å². The van der Waals surface area contributed by atoms with Crippen LogP contribution in [-0.4, -0.2) is 24.2 Å². The van der Waals surface area contributed by atoms with E-state index in [9.17, 15) is 9.90 Å². The summed E-state index contributed by atoms with van der Waals surface area (Å²) in [6.45, 7) is 1.31. The molecule has 19 heavy (non-hydrogen) atoms. The molecular weight excluding hydrogens is 262 g/mol. The van der Waals surface area contributed by atoms with Crippen LogP contribution in [-0.2, 0) is 4.79 Å². The lowest BCUT2D eigenvalue weighted by Crippen LogP contribution is -2.20. The molecule has 0 aliphatic carbocycles. The number of carboxylic acid groups (broad SMARTS) is 1. The molecule has 0 aromatic heterocycles. The van der Waals surface area contributed by atoms with E-state index in [-0.39, 0.29) is 24.2 Å². The van der Waals surface area contributed by atoms with Crippen LogP contribution in [0.5, 0.6) is 0 Å². The average molecular weight is 278 g/mol. The van der Waals surface area contributed by atoms with Crippen LogP contribution in [0.2, 0.25) is 0 Å². The topological polar surface area (TPSA) is 49.3 Å². The summed E-state index contributed by atoms with van der Waals surface area (Å²) in [4.78, 5) is 11.2. The average Bonchev–Trinajstić information content (AvgIpc) is 2.87. The normalized spacial score (nSPS) is 22.1. The number of nitrogens with one attached hydrogen (secondary N) is 1. The lowest BCUT2D eigenvalue weighted by atomic mass is 9.88. The Bertz CT molecular complexity index is 599. The molecule has 1 heterocycles. The lowest BCUT2D eigenvalue weighted by molar-refractivity contribution is -0.141. The minimum atomic E-state index is -0.710. The number of aliphatic carboxylic acids is 1. The SMILES string of the molecule is Cl.O=C(O)C1CNCC1c1ccc2ccccc2c1. The molecule has 1 saturated heterocycles. The van der Waals surface area contributed by atoms with E-state index < -0.39 is 5.97 Å². The van der Waals surface area contributed by atoms with E-state index in [0.29, 0.717) is 6.54 Å². The van der Waals surface area contributed by atoms with Crippen molar-refractivity contribution < 1.29 is 9.90 Å². The van der Waals surface area contributed by atoms with Gasteiger partial charge in [0.05, 0.1) is 5.92 Å². The molecule has 2 aromatic rings. The molecule has 4 heteroatoms. The Morgan fingerprint density at radius 2 is 1.84 bits per heavy atom. The number of carboxylic acids is 1. The third-order valence-corrected chi connectivity index (χ3v) is 3.73. The predicted octanol–water partition coefficient (Wildman–Crippen LogP) is 2.65. The maximum atomic E-state index is 11.2. The quantitative estimate of drug-likeness (QED) is 0.887. The standard InChI is InChI=1S/C15H15NO2.ClH/c17-15(18)14-9-16-8-13(14)12-6-5-10-3-1-2-4-11(10)7-12;/h1-7,13-14,16H,8-9H2,(H,17,18);1H. The molecule has 100 valence electrons. The summed E-state index contributed by atoms with van der Waals surface area (Å²) in [7, 11) is 0. The second-order valence-corrected chi connectivity index (χ2v) is 4.82. The van der Waals surface area contributed by atoms with Crippen LogP contribution in [0, 0.1) is 5.92 Å². The Morgan fingerprint density at radius 3 is 2.58 bits per heavy atom. The van der Waals surface area contributed by atoms with Crippen molar-refractivity contribution in [2.75, 3.05) is 13.1 Å². The Labute approximate surface area is 118 Å². The summed E-state index contributed by atoms with van der Waals surface area (Å²) in [6, 6.07) is 14.4. The van der Waals surface area contributed by atoms with E-state index in [1.165, 1.54) is 10.8 Å². The number of halogens is 1. The zero-order valence-corrected chi connectivity index (χ0v) is 11.2. The third-order valence-electron chi connectivity index (χ3n) is 3.73. The third kappa shape index (κ3) is 2.57. The van der Waals surface area contributed by atoms with Crippen LogP contribution in [0.3, 0.4) is 0 Å².